The van der Waals surface area contributed by atoms with Crippen molar-refractivity contribution in [2.75, 3.05) is 13.1 Å². The van der Waals surface area contributed by atoms with Crippen molar-refractivity contribution in [2.24, 2.45) is 16.6 Å². The van der Waals surface area contributed by atoms with E-state index in [1.807, 2.05) is 6.21 Å². The lowest BCUT2D eigenvalue weighted by molar-refractivity contribution is 0.581. The van der Waals surface area contributed by atoms with Crippen molar-refractivity contribution < 1.29 is 4.42 Å². The molecular weight excluding hydrogens is 817 g/mol. The molecule has 3 aromatic heterocycles. The first-order valence-corrected chi connectivity index (χ1v) is 25.1. The van der Waals surface area contributed by atoms with Gasteiger partial charge in [0.05, 0.1) is 22.4 Å². The number of allylic oxidation sites excluding steroid dienone is 8. The molecule has 8 aromatic rings. The number of aliphatic imine (C=N–C) groups is 1. The third-order valence-corrected chi connectivity index (χ3v) is 15.0. The molecule has 5 heteroatoms. The minimum absolute atomic E-state index is 0.422. The van der Waals surface area contributed by atoms with Crippen LogP contribution in [-0.2, 0) is 0 Å². The maximum absolute atomic E-state index is 6.67. The largest absolute Gasteiger partial charge is 0.456 e. The van der Waals surface area contributed by atoms with Crippen LogP contribution in [-0.4, -0.2) is 28.4 Å². The Morgan fingerprint density at radius 1 is 0.627 bits per heavy atom. The number of para-hydroxylation sites is 1. The van der Waals surface area contributed by atoms with Crippen LogP contribution >= 0.6 is 0 Å². The second-order valence-electron chi connectivity index (χ2n) is 18.9. The van der Waals surface area contributed by atoms with Gasteiger partial charge in [-0.15, -0.1) is 0 Å². The molecule has 0 fully saturated rings. The van der Waals surface area contributed by atoms with E-state index in [9.17, 15) is 0 Å². The fraction of sp³-hybridized carbons (Fsp3) is 0.274. The average Bonchev–Trinajstić information content (AvgIpc) is 4.02. The summed E-state index contributed by atoms with van der Waals surface area (Å²) in [5.41, 5.74) is 23.3. The Hall–Kier alpha value is -6.69. The predicted octanol–water partition coefficient (Wildman–Crippen LogP) is 16.5. The van der Waals surface area contributed by atoms with E-state index < -0.39 is 0 Å². The summed E-state index contributed by atoms with van der Waals surface area (Å²) in [4.78, 5) is 4.70. The molecule has 0 saturated heterocycles. The molecule has 11 rings (SSSR count). The predicted molar refractivity (Wildman–Crippen MR) is 286 cm³/mol. The number of hydrogen-bond donors (Lipinski definition) is 1. The molecule has 0 saturated carbocycles. The van der Waals surface area contributed by atoms with Gasteiger partial charge in [-0.1, -0.05) is 98.8 Å². The number of aromatic nitrogens is 2. The molecule has 67 heavy (non-hydrogen) atoms. The third-order valence-electron chi connectivity index (χ3n) is 15.0. The fourth-order valence-corrected chi connectivity index (χ4v) is 11.8. The highest BCUT2D eigenvalue weighted by Gasteiger charge is 2.27. The van der Waals surface area contributed by atoms with Crippen molar-refractivity contribution in [1.29, 1.82) is 0 Å². The second-order valence-corrected chi connectivity index (χ2v) is 18.9. The van der Waals surface area contributed by atoms with Crippen molar-refractivity contribution in [1.82, 2.24) is 9.13 Å². The van der Waals surface area contributed by atoms with Crippen molar-refractivity contribution >= 4 is 67.7 Å². The average molecular weight is 879 g/mol. The van der Waals surface area contributed by atoms with E-state index in [4.69, 9.17) is 15.1 Å². The van der Waals surface area contributed by atoms with Crippen LogP contribution in [0.15, 0.2) is 155 Å². The highest BCUT2D eigenvalue weighted by atomic mass is 16.3. The van der Waals surface area contributed by atoms with Crippen molar-refractivity contribution in [2.45, 2.75) is 89.9 Å². The van der Waals surface area contributed by atoms with Crippen molar-refractivity contribution in [3.63, 3.8) is 0 Å². The van der Waals surface area contributed by atoms with E-state index in [1.54, 1.807) is 0 Å². The maximum Gasteiger partial charge on any atom is 0.135 e. The molecule has 5 nitrogen and oxygen atoms in total. The van der Waals surface area contributed by atoms with E-state index >= 15 is 0 Å². The number of rotatable bonds is 9. The minimum atomic E-state index is 0.422. The molecule has 0 bridgehead atoms. The van der Waals surface area contributed by atoms with Gasteiger partial charge in [0.1, 0.15) is 11.2 Å². The van der Waals surface area contributed by atoms with Crippen LogP contribution in [0.4, 0.5) is 0 Å². The Kier molecular flexibility index (Phi) is 12.1. The number of benzene rings is 5. The Bertz CT molecular complexity index is 3320. The van der Waals surface area contributed by atoms with E-state index in [0.717, 1.165) is 104 Å². The van der Waals surface area contributed by atoms with Crippen molar-refractivity contribution in [3.05, 3.63) is 174 Å². The highest BCUT2D eigenvalue weighted by Crippen LogP contribution is 2.45. The molecule has 2 N–H and O–H groups in total. The van der Waals surface area contributed by atoms with Gasteiger partial charge in [0.15, 0.2) is 0 Å². The van der Waals surface area contributed by atoms with Gasteiger partial charge in [0.2, 0.25) is 0 Å². The monoisotopic (exact) mass is 878 g/mol. The number of nitrogens with zero attached hydrogens (tertiary/aromatic N) is 3. The Balaban J connectivity index is 1.10. The third kappa shape index (κ3) is 7.87. The van der Waals surface area contributed by atoms with Crippen LogP contribution < -0.4 is 5.73 Å². The molecule has 2 aliphatic carbocycles. The number of furan rings is 1. The van der Waals surface area contributed by atoms with E-state index in [1.165, 1.54) is 73.0 Å². The van der Waals surface area contributed by atoms with Crippen LogP contribution in [0.1, 0.15) is 118 Å². The van der Waals surface area contributed by atoms with Gasteiger partial charge >= 0.3 is 0 Å². The molecule has 0 amide bonds. The topological polar surface area (TPSA) is 61.4 Å². The lowest BCUT2D eigenvalue weighted by Gasteiger charge is -2.24. The zero-order valence-electron chi connectivity index (χ0n) is 39.1. The van der Waals surface area contributed by atoms with Gasteiger partial charge in [-0.2, -0.15) is 0 Å². The molecule has 0 spiro atoms. The molecule has 1 aliphatic heterocycles. The summed E-state index contributed by atoms with van der Waals surface area (Å²) in [6, 6.07) is 38.8. The number of fused-ring (bicyclic) bond motifs is 9. The van der Waals surface area contributed by atoms with Gasteiger partial charge in [0, 0.05) is 45.7 Å². The Morgan fingerprint density at radius 3 is 2.07 bits per heavy atom. The first kappa shape index (κ1) is 42.9. The van der Waals surface area contributed by atoms with Crippen LogP contribution in [0.3, 0.4) is 0 Å². The van der Waals surface area contributed by atoms with Gasteiger partial charge in [-0.3, -0.25) is 4.99 Å². The number of nitrogens with two attached hydrogens (primary N) is 1. The Morgan fingerprint density at radius 2 is 1.31 bits per heavy atom. The van der Waals surface area contributed by atoms with Crippen LogP contribution in [0.5, 0.6) is 0 Å². The smallest absolute Gasteiger partial charge is 0.135 e. The van der Waals surface area contributed by atoms with Gasteiger partial charge in [0.25, 0.3) is 0 Å². The molecule has 3 aliphatic rings. The summed E-state index contributed by atoms with van der Waals surface area (Å²) in [6.07, 6.45) is 33.5. The normalized spacial score (nSPS) is 20.2. The second kappa shape index (κ2) is 18.9. The lowest BCUT2D eigenvalue weighted by Crippen LogP contribution is -2.09. The first-order valence-electron chi connectivity index (χ1n) is 25.1. The molecule has 5 aromatic carbocycles. The molecule has 4 heterocycles. The fourth-order valence-electron chi connectivity index (χ4n) is 11.8. The van der Waals surface area contributed by atoms with Crippen LogP contribution in [0.2, 0.25) is 0 Å². The summed E-state index contributed by atoms with van der Waals surface area (Å²) in [7, 11) is 0. The van der Waals surface area contributed by atoms with Crippen LogP contribution in [0, 0.1) is 5.92 Å². The van der Waals surface area contributed by atoms with E-state index in [-0.39, 0.29) is 0 Å². The van der Waals surface area contributed by atoms with Crippen molar-refractivity contribution in [3.8, 4) is 22.5 Å². The zero-order valence-corrected chi connectivity index (χ0v) is 39.1. The molecule has 3 atom stereocenters. The van der Waals surface area contributed by atoms with E-state index in [0.29, 0.717) is 17.8 Å². The van der Waals surface area contributed by atoms with Gasteiger partial charge < -0.3 is 19.3 Å². The number of hydrogen-bond acceptors (Lipinski definition) is 3. The maximum atomic E-state index is 6.67. The molecule has 336 valence electrons. The first-order chi connectivity index (χ1) is 33.1. The van der Waals surface area contributed by atoms with Gasteiger partial charge in [-0.05, 0) is 195 Å². The summed E-state index contributed by atoms with van der Waals surface area (Å²) in [5, 5.41) is 4.91. The molecular formula is C62H62N4O. The summed E-state index contributed by atoms with van der Waals surface area (Å²) in [6.45, 7) is 6.30. The molecule has 0 radical (unpaired) electrons. The summed E-state index contributed by atoms with van der Waals surface area (Å²) >= 11 is 0. The summed E-state index contributed by atoms with van der Waals surface area (Å²) in [5.74, 6) is 1.35. The SMILES string of the molecule is CCC1CCC/C=C/C=C\c2c1c1cc(-c3ccccc3C3=CC=CCC3CCCN)ccc1n2-c1ccc2oc3ccc(-n4c5c(c6ccccc64)C(CC)CCCN=C/C=C\5)cc3c2c1. The van der Waals surface area contributed by atoms with Gasteiger partial charge in [-0.25, -0.2) is 0 Å². The Labute approximate surface area is 395 Å². The minimum Gasteiger partial charge on any atom is -0.456 e. The lowest BCUT2D eigenvalue weighted by atomic mass is 9.81. The highest BCUT2D eigenvalue weighted by molar-refractivity contribution is 6.07. The molecule has 3 unspecified atom stereocenters. The standard InChI is InChI=1S/C62H62N4O/c1-3-42-19-8-6-5-7-9-28-57-62(42)54-39-45(49-24-12-13-25-50(49)48-23-11-10-20-44(48)21-16-36-63)30-33-56(54)66(57)47-32-35-60-53(41-47)52-40-46(31-34-59(52)67-60)65-55-27-15-14-26-51(55)61-43(4-2)22-17-37-64-38-18-29-58(61)65/h5,7,9-15,18,23-35,38-44H,3-4,6,8,16-17,19-22,36-37,63H2,1-2H3/b7-5+,28-9-,29-18-,64-38?. The van der Waals surface area contributed by atoms with Crippen LogP contribution in [0.25, 0.3) is 84.0 Å². The quantitative estimate of drug-likeness (QED) is 0.157. The zero-order chi connectivity index (χ0) is 45.3. The van der Waals surface area contributed by atoms with E-state index in [2.05, 4.69) is 181 Å². The summed E-state index contributed by atoms with van der Waals surface area (Å²) < 4.78 is 11.7.